The Morgan fingerprint density at radius 2 is 1.60 bits per heavy atom. The summed E-state index contributed by atoms with van der Waals surface area (Å²) in [6, 6.07) is 0. The highest BCUT2D eigenvalue weighted by molar-refractivity contribution is 5.75. The van der Waals surface area contributed by atoms with Gasteiger partial charge in [-0.3, -0.25) is 14.4 Å². The maximum Gasteiger partial charge on any atom is 0.350 e. The van der Waals surface area contributed by atoms with E-state index in [2.05, 4.69) is 42.3 Å². The summed E-state index contributed by atoms with van der Waals surface area (Å²) in [5.41, 5.74) is 0. The van der Waals surface area contributed by atoms with E-state index < -0.39 is 0 Å². The van der Waals surface area contributed by atoms with Gasteiger partial charge < -0.3 is 12.4 Å². The fraction of sp³-hybridized carbons (Fsp3) is 0.909. The van der Waals surface area contributed by atoms with Crippen molar-refractivity contribution in [1.29, 1.82) is 0 Å². The predicted molar refractivity (Wildman–Crippen MR) is 60.8 cm³/mol. The molecule has 1 fully saturated rings. The van der Waals surface area contributed by atoms with Crippen molar-refractivity contribution >= 4 is 5.96 Å². The van der Waals surface area contributed by atoms with E-state index in [-0.39, 0.29) is 12.4 Å². The van der Waals surface area contributed by atoms with Crippen LogP contribution < -0.4 is 12.4 Å². The molecule has 0 aromatic carbocycles. The van der Waals surface area contributed by atoms with Crippen molar-refractivity contribution in [3.63, 3.8) is 0 Å². The lowest BCUT2D eigenvalue weighted by molar-refractivity contribution is -0.476. The Labute approximate surface area is 100 Å². The minimum Gasteiger partial charge on any atom is -1.00 e. The molecule has 0 spiro atoms. The molecule has 0 amide bonds. The topological polar surface area (TPSA) is 9.49 Å². The molecule has 0 aromatic heterocycles. The summed E-state index contributed by atoms with van der Waals surface area (Å²) in [5.74, 6) is 1.40. The molecule has 1 saturated heterocycles. The molecule has 0 unspecified atom stereocenters. The van der Waals surface area contributed by atoms with Crippen molar-refractivity contribution in [2.75, 3.05) is 40.3 Å². The van der Waals surface area contributed by atoms with Crippen LogP contribution in [0, 0.1) is 0 Å². The Morgan fingerprint density at radius 1 is 1.13 bits per heavy atom. The molecule has 1 heterocycles. The number of hydrogen-bond donors (Lipinski definition) is 0. The van der Waals surface area contributed by atoms with E-state index in [4.69, 9.17) is 0 Å². The van der Waals surface area contributed by atoms with E-state index in [1.54, 1.807) is 0 Å². The van der Waals surface area contributed by atoms with Crippen LogP contribution in [0.5, 0.6) is 0 Å². The van der Waals surface area contributed by atoms with Crippen LogP contribution in [0.2, 0.25) is 0 Å². The number of likely N-dealkylation sites (tertiary alicyclic amines) is 1. The number of nitrogens with zero attached hydrogens (tertiary/aromatic N) is 3. The third-order valence-corrected chi connectivity index (χ3v) is 2.84. The first-order chi connectivity index (χ1) is 6.70. The molecule has 1 aliphatic rings. The second kappa shape index (κ2) is 6.94. The van der Waals surface area contributed by atoms with E-state index >= 15 is 0 Å². The summed E-state index contributed by atoms with van der Waals surface area (Å²) in [6.07, 6.45) is 2.69. The van der Waals surface area contributed by atoms with E-state index in [0.29, 0.717) is 0 Å². The van der Waals surface area contributed by atoms with Crippen LogP contribution in [0.3, 0.4) is 0 Å². The third kappa shape index (κ3) is 3.56. The van der Waals surface area contributed by atoms with Crippen LogP contribution in [-0.4, -0.2) is 60.6 Å². The van der Waals surface area contributed by atoms with Gasteiger partial charge in [0.2, 0.25) is 0 Å². The Morgan fingerprint density at radius 3 is 1.93 bits per heavy atom. The SMILES string of the molecule is CCN(CC)C(N1CCCC1)=[N+](C)C.[Cl-]. The lowest BCUT2D eigenvalue weighted by atomic mass is 10.4. The molecule has 0 aromatic rings. The highest BCUT2D eigenvalue weighted by Crippen LogP contribution is 2.10. The van der Waals surface area contributed by atoms with Crippen LogP contribution >= 0.6 is 0 Å². The first-order valence-corrected chi connectivity index (χ1v) is 5.74. The summed E-state index contributed by atoms with van der Waals surface area (Å²) >= 11 is 0. The molecule has 1 rings (SSSR count). The molecule has 0 atom stereocenters. The van der Waals surface area contributed by atoms with E-state index in [9.17, 15) is 0 Å². The summed E-state index contributed by atoms with van der Waals surface area (Å²) in [4.78, 5) is 4.94. The molecule has 4 heteroatoms. The molecule has 1 aliphatic heterocycles. The van der Waals surface area contributed by atoms with Crippen LogP contribution in [-0.2, 0) is 0 Å². The largest absolute Gasteiger partial charge is 1.00 e. The monoisotopic (exact) mass is 233 g/mol. The van der Waals surface area contributed by atoms with Crippen molar-refractivity contribution in [2.45, 2.75) is 26.7 Å². The molecule has 0 N–H and O–H groups in total. The third-order valence-electron chi connectivity index (χ3n) is 2.84. The van der Waals surface area contributed by atoms with Crippen molar-refractivity contribution < 1.29 is 17.0 Å². The van der Waals surface area contributed by atoms with Gasteiger partial charge in [-0.25, -0.2) is 0 Å². The van der Waals surface area contributed by atoms with Gasteiger partial charge in [-0.1, -0.05) is 0 Å². The zero-order chi connectivity index (χ0) is 10.6. The highest BCUT2D eigenvalue weighted by atomic mass is 35.5. The molecule has 15 heavy (non-hydrogen) atoms. The average molecular weight is 234 g/mol. The Hall–Kier alpha value is -0.440. The molecule has 3 nitrogen and oxygen atoms in total. The van der Waals surface area contributed by atoms with Gasteiger partial charge in [0.15, 0.2) is 0 Å². The lowest BCUT2D eigenvalue weighted by Crippen LogP contribution is -3.00. The first-order valence-electron chi connectivity index (χ1n) is 5.74. The average Bonchev–Trinajstić information content (AvgIpc) is 2.65. The van der Waals surface area contributed by atoms with Crippen LogP contribution in [0.4, 0.5) is 0 Å². The standard InChI is InChI=1S/C11H24N3.ClH/c1-5-13(6-2)11(12(3)4)14-9-7-8-10-14;/h5-10H2,1-4H3;1H/q+1;/p-1. The van der Waals surface area contributed by atoms with Gasteiger partial charge in [0.25, 0.3) is 0 Å². The maximum absolute atomic E-state index is 2.51. The fourth-order valence-corrected chi connectivity index (χ4v) is 2.19. The molecule has 0 saturated carbocycles. The van der Waals surface area contributed by atoms with E-state index in [1.807, 2.05) is 0 Å². The second-order valence-corrected chi connectivity index (χ2v) is 4.06. The number of hydrogen-bond acceptors (Lipinski definition) is 0. The molecule has 0 bridgehead atoms. The Balaban J connectivity index is 0.00000196. The Bertz CT molecular complexity index is 198. The Kier molecular flexibility index (Phi) is 6.73. The van der Waals surface area contributed by atoms with Crippen molar-refractivity contribution in [1.82, 2.24) is 9.80 Å². The van der Waals surface area contributed by atoms with Crippen molar-refractivity contribution in [3.05, 3.63) is 0 Å². The normalized spacial score (nSPS) is 14.8. The summed E-state index contributed by atoms with van der Waals surface area (Å²) in [7, 11) is 4.29. The zero-order valence-corrected chi connectivity index (χ0v) is 11.2. The van der Waals surface area contributed by atoms with E-state index in [0.717, 1.165) is 13.1 Å². The van der Waals surface area contributed by atoms with Crippen LogP contribution in [0.1, 0.15) is 26.7 Å². The summed E-state index contributed by atoms with van der Waals surface area (Å²) in [5, 5.41) is 0. The summed E-state index contributed by atoms with van der Waals surface area (Å²) in [6.45, 7) is 9.10. The number of halogens is 1. The van der Waals surface area contributed by atoms with Gasteiger partial charge in [0.1, 0.15) is 0 Å². The van der Waals surface area contributed by atoms with Crippen molar-refractivity contribution in [2.24, 2.45) is 0 Å². The first kappa shape index (κ1) is 14.6. The van der Waals surface area contributed by atoms with Crippen LogP contribution in [0.25, 0.3) is 0 Å². The summed E-state index contributed by atoms with van der Waals surface area (Å²) < 4.78 is 2.25. The molecule has 0 radical (unpaired) electrons. The second-order valence-electron chi connectivity index (χ2n) is 4.06. The van der Waals surface area contributed by atoms with Crippen LogP contribution in [0.15, 0.2) is 0 Å². The van der Waals surface area contributed by atoms with E-state index in [1.165, 1.54) is 31.9 Å². The quantitative estimate of drug-likeness (QED) is 0.312. The van der Waals surface area contributed by atoms with Gasteiger partial charge in [-0.05, 0) is 26.7 Å². The maximum atomic E-state index is 2.51. The van der Waals surface area contributed by atoms with Gasteiger partial charge in [-0.15, -0.1) is 0 Å². The minimum absolute atomic E-state index is 0. The van der Waals surface area contributed by atoms with Crippen molar-refractivity contribution in [3.8, 4) is 0 Å². The van der Waals surface area contributed by atoms with Gasteiger partial charge >= 0.3 is 5.96 Å². The molecular weight excluding hydrogens is 210 g/mol. The van der Waals surface area contributed by atoms with Gasteiger partial charge in [0.05, 0.1) is 40.3 Å². The molecular formula is C11H24ClN3. The lowest BCUT2D eigenvalue weighted by Gasteiger charge is -2.24. The fourth-order valence-electron chi connectivity index (χ4n) is 2.19. The van der Waals surface area contributed by atoms with Gasteiger partial charge in [-0.2, -0.15) is 0 Å². The smallest absolute Gasteiger partial charge is 0.350 e. The minimum atomic E-state index is 0. The van der Waals surface area contributed by atoms with Gasteiger partial charge in [0, 0.05) is 0 Å². The molecule has 90 valence electrons. The highest BCUT2D eigenvalue weighted by Gasteiger charge is 2.27. The molecule has 0 aliphatic carbocycles. The predicted octanol–water partition coefficient (Wildman–Crippen LogP) is -1.94. The zero-order valence-electron chi connectivity index (χ0n) is 10.5. The number of rotatable bonds is 2. The number of guanidine groups is 1.